The summed E-state index contributed by atoms with van der Waals surface area (Å²) in [6, 6.07) is 5.16. The Morgan fingerprint density at radius 3 is 2.44 bits per heavy atom. The number of nitrogens with zero attached hydrogens (tertiary/aromatic N) is 3. The van der Waals surface area contributed by atoms with E-state index in [-0.39, 0.29) is 35.1 Å². The van der Waals surface area contributed by atoms with E-state index in [9.17, 15) is 25.0 Å². The Morgan fingerprint density at radius 1 is 1.20 bits per heavy atom. The standard InChI is InChI=1S/C15H14N4O6/c1-3-25-13-5-4-10(7-11(13)18(21)22)15(20)17-14-6-9(2)12(8-16-14)19(23)24/h4-8H,3H2,1-2H3,(H,16,17,20). The largest absolute Gasteiger partial charge is 0.487 e. The van der Waals surface area contributed by atoms with Crippen molar-refractivity contribution >= 4 is 23.1 Å². The van der Waals surface area contributed by atoms with Crippen molar-refractivity contribution in [3.8, 4) is 5.75 Å². The van der Waals surface area contributed by atoms with E-state index >= 15 is 0 Å². The second-order valence-corrected chi connectivity index (χ2v) is 4.94. The van der Waals surface area contributed by atoms with Crippen molar-refractivity contribution in [2.75, 3.05) is 11.9 Å². The summed E-state index contributed by atoms with van der Waals surface area (Å²) in [6.07, 6.45) is 1.03. The van der Waals surface area contributed by atoms with Gasteiger partial charge in [0.05, 0.1) is 16.5 Å². The molecule has 0 atom stereocenters. The van der Waals surface area contributed by atoms with E-state index in [0.29, 0.717) is 5.56 Å². The lowest BCUT2D eigenvalue weighted by Gasteiger charge is -2.08. The average Bonchev–Trinajstić information content (AvgIpc) is 2.54. The Hall–Kier alpha value is -3.56. The maximum Gasteiger partial charge on any atom is 0.311 e. The maximum atomic E-state index is 12.2. The summed E-state index contributed by atoms with van der Waals surface area (Å²) in [7, 11) is 0. The van der Waals surface area contributed by atoms with Crippen molar-refractivity contribution in [2.24, 2.45) is 0 Å². The molecular weight excluding hydrogens is 332 g/mol. The van der Waals surface area contributed by atoms with Crippen LogP contribution in [0.1, 0.15) is 22.8 Å². The van der Waals surface area contributed by atoms with Crippen LogP contribution in [0.25, 0.3) is 0 Å². The molecule has 0 bridgehead atoms. The lowest BCUT2D eigenvalue weighted by Crippen LogP contribution is -2.14. The van der Waals surface area contributed by atoms with Crippen LogP contribution in [0, 0.1) is 27.2 Å². The predicted octanol–water partition coefficient (Wildman–Crippen LogP) is 2.86. The number of hydrogen-bond acceptors (Lipinski definition) is 7. The molecule has 1 N–H and O–H groups in total. The van der Waals surface area contributed by atoms with Gasteiger partial charge in [0.1, 0.15) is 12.0 Å². The van der Waals surface area contributed by atoms with Crippen LogP contribution in [0.4, 0.5) is 17.2 Å². The highest BCUT2D eigenvalue weighted by molar-refractivity contribution is 6.04. The molecule has 0 unspecified atom stereocenters. The first-order valence-corrected chi connectivity index (χ1v) is 7.17. The predicted molar refractivity (Wildman–Crippen MR) is 87.8 cm³/mol. The summed E-state index contributed by atoms with van der Waals surface area (Å²) in [6.45, 7) is 3.45. The maximum absolute atomic E-state index is 12.2. The number of carbonyl (C=O) groups is 1. The third kappa shape index (κ3) is 4.05. The van der Waals surface area contributed by atoms with Crippen molar-refractivity contribution in [1.82, 2.24) is 4.98 Å². The second kappa shape index (κ2) is 7.34. The van der Waals surface area contributed by atoms with Crippen LogP contribution in [-0.2, 0) is 0 Å². The number of nitro groups is 2. The number of amides is 1. The number of nitro benzene ring substituents is 1. The molecule has 0 saturated heterocycles. The molecule has 1 aromatic carbocycles. The quantitative estimate of drug-likeness (QED) is 0.627. The summed E-state index contributed by atoms with van der Waals surface area (Å²) in [5.74, 6) is -0.468. The van der Waals surface area contributed by atoms with Gasteiger partial charge in [0, 0.05) is 17.2 Å². The van der Waals surface area contributed by atoms with E-state index in [1.807, 2.05) is 0 Å². The molecule has 10 heteroatoms. The molecule has 2 aromatic rings. The smallest absolute Gasteiger partial charge is 0.311 e. The molecule has 0 radical (unpaired) electrons. The van der Waals surface area contributed by atoms with Gasteiger partial charge in [-0.15, -0.1) is 0 Å². The highest BCUT2D eigenvalue weighted by Gasteiger charge is 2.19. The van der Waals surface area contributed by atoms with Gasteiger partial charge in [0.15, 0.2) is 5.75 Å². The average molecular weight is 346 g/mol. The Morgan fingerprint density at radius 2 is 1.88 bits per heavy atom. The molecule has 0 fully saturated rings. The Labute approximate surface area is 141 Å². The van der Waals surface area contributed by atoms with Gasteiger partial charge < -0.3 is 10.1 Å². The number of benzene rings is 1. The van der Waals surface area contributed by atoms with Crippen LogP contribution in [0.15, 0.2) is 30.5 Å². The van der Waals surface area contributed by atoms with Crippen molar-refractivity contribution in [3.05, 3.63) is 61.8 Å². The first-order chi connectivity index (χ1) is 11.8. The third-order valence-corrected chi connectivity index (χ3v) is 3.24. The second-order valence-electron chi connectivity index (χ2n) is 4.94. The number of pyridine rings is 1. The number of nitrogens with one attached hydrogen (secondary N) is 1. The molecule has 10 nitrogen and oxygen atoms in total. The molecule has 130 valence electrons. The molecule has 0 aliphatic carbocycles. The molecule has 2 rings (SSSR count). The van der Waals surface area contributed by atoms with Crippen LogP contribution in [-0.4, -0.2) is 27.3 Å². The molecule has 25 heavy (non-hydrogen) atoms. The highest BCUT2D eigenvalue weighted by Crippen LogP contribution is 2.28. The minimum atomic E-state index is -0.643. The van der Waals surface area contributed by atoms with Gasteiger partial charge in [-0.3, -0.25) is 25.0 Å². The van der Waals surface area contributed by atoms with Gasteiger partial charge in [-0.05, 0) is 32.0 Å². The van der Waals surface area contributed by atoms with Crippen molar-refractivity contribution in [2.45, 2.75) is 13.8 Å². The van der Waals surface area contributed by atoms with Crippen molar-refractivity contribution in [3.63, 3.8) is 0 Å². The first kappa shape index (κ1) is 17.8. The van der Waals surface area contributed by atoms with E-state index in [4.69, 9.17) is 4.74 Å². The fraction of sp³-hybridized carbons (Fsp3) is 0.200. The van der Waals surface area contributed by atoms with E-state index < -0.39 is 15.8 Å². The Kier molecular flexibility index (Phi) is 5.22. The van der Waals surface area contributed by atoms with Crippen molar-refractivity contribution < 1.29 is 19.4 Å². The fourth-order valence-electron chi connectivity index (χ4n) is 2.08. The lowest BCUT2D eigenvalue weighted by molar-refractivity contribution is -0.385. The monoisotopic (exact) mass is 346 g/mol. The van der Waals surface area contributed by atoms with Crippen LogP contribution < -0.4 is 10.1 Å². The van der Waals surface area contributed by atoms with E-state index in [1.165, 1.54) is 25.1 Å². The normalized spacial score (nSPS) is 10.2. The molecule has 1 aromatic heterocycles. The molecule has 1 amide bonds. The lowest BCUT2D eigenvalue weighted by atomic mass is 10.1. The number of aryl methyl sites for hydroxylation is 1. The Bertz CT molecular complexity index is 852. The van der Waals surface area contributed by atoms with Crippen LogP contribution in [0.5, 0.6) is 5.75 Å². The van der Waals surface area contributed by atoms with Crippen LogP contribution in [0.2, 0.25) is 0 Å². The number of anilines is 1. The van der Waals surface area contributed by atoms with Crippen LogP contribution >= 0.6 is 0 Å². The highest BCUT2D eigenvalue weighted by atomic mass is 16.6. The zero-order chi connectivity index (χ0) is 18.6. The minimum absolute atomic E-state index is 0.0351. The van der Waals surface area contributed by atoms with Gasteiger partial charge in [-0.2, -0.15) is 0 Å². The number of carbonyl (C=O) groups excluding carboxylic acids is 1. The number of rotatable bonds is 6. The van der Waals surface area contributed by atoms with Gasteiger partial charge in [-0.25, -0.2) is 4.98 Å². The fourth-order valence-corrected chi connectivity index (χ4v) is 2.08. The van der Waals surface area contributed by atoms with E-state index in [0.717, 1.165) is 12.3 Å². The van der Waals surface area contributed by atoms with Gasteiger partial charge >= 0.3 is 5.69 Å². The summed E-state index contributed by atoms with van der Waals surface area (Å²) in [5, 5.41) is 24.3. The zero-order valence-corrected chi connectivity index (χ0v) is 13.4. The topological polar surface area (TPSA) is 138 Å². The Balaban J connectivity index is 2.26. The minimum Gasteiger partial charge on any atom is -0.487 e. The molecule has 1 heterocycles. The first-order valence-electron chi connectivity index (χ1n) is 7.17. The number of aromatic nitrogens is 1. The molecular formula is C15H14N4O6. The van der Waals surface area contributed by atoms with Gasteiger partial charge in [0.2, 0.25) is 0 Å². The van der Waals surface area contributed by atoms with E-state index in [2.05, 4.69) is 10.3 Å². The number of hydrogen-bond donors (Lipinski definition) is 1. The number of ether oxygens (including phenoxy) is 1. The van der Waals surface area contributed by atoms with Gasteiger partial charge in [-0.1, -0.05) is 0 Å². The summed E-state index contributed by atoms with van der Waals surface area (Å²) in [5.41, 5.74) is -0.141. The molecule has 0 spiro atoms. The summed E-state index contributed by atoms with van der Waals surface area (Å²) in [4.78, 5) is 36.7. The molecule has 0 aliphatic rings. The van der Waals surface area contributed by atoms with E-state index in [1.54, 1.807) is 6.92 Å². The van der Waals surface area contributed by atoms with Gasteiger partial charge in [0.25, 0.3) is 11.6 Å². The molecule has 0 aliphatic heterocycles. The third-order valence-electron chi connectivity index (χ3n) is 3.24. The summed E-state index contributed by atoms with van der Waals surface area (Å²) >= 11 is 0. The van der Waals surface area contributed by atoms with Crippen LogP contribution in [0.3, 0.4) is 0 Å². The summed E-state index contributed by atoms with van der Waals surface area (Å²) < 4.78 is 5.15. The zero-order valence-electron chi connectivity index (χ0n) is 13.4. The SMILES string of the molecule is CCOc1ccc(C(=O)Nc2cc(C)c([N+](=O)[O-])cn2)cc1[N+](=O)[O-]. The molecule has 0 saturated carbocycles. The van der Waals surface area contributed by atoms with Crippen molar-refractivity contribution in [1.29, 1.82) is 0 Å².